The van der Waals surface area contributed by atoms with Gasteiger partial charge in [0.1, 0.15) is 16.7 Å². The van der Waals surface area contributed by atoms with E-state index < -0.39 is 0 Å². The summed E-state index contributed by atoms with van der Waals surface area (Å²) < 4.78 is 0.808. The summed E-state index contributed by atoms with van der Waals surface area (Å²) in [5, 5.41) is 0. The number of rotatable bonds is 2. The van der Waals surface area contributed by atoms with Crippen molar-refractivity contribution in [2.75, 3.05) is 25.9 Å². The highest BCUT2D eigenvalue weighted by Crippen LogP contribution is 2.39. The van der Waals surface area contributed by atoms with Gasteiger partial charge in [-0.1, -0.05) is 6.07 Å². The first-order valence-electron chi connectivity index (χ1n) is 9.75. The van der Waals surface area contributed by atoms with Crippen LogP contribution in [0.4, 0.5) is 5.69 Å². The number of hydrogen-bond donors (Lipinski definition) is 1. The lowest BCUT2D eigenvalue weighted by molar-refractivity contribution is 0.0729. The molecule has 3 aromatic rings. The van der Waals surface area contributed by atoms with Gasteiger partial charge in [0.25, 0.3) is 11.8 Å². The third kappa shape index (κ3) is 2.86. The summed E-state index contributed by atoms with van der Waals surface area (Å²) in [7, 11) is 1.79. The largest absolute Gasteiger partial charge is 0.396 e. The third-order valence-electron chi connectivity index (χ3n) is 5.71. The first-order chi connectivity index (χ1) is 14.0. The van der Waals surface area contributed by atoms with Crippen LogP contribution in [-0.4, -0.2) is 51.7 Å². The highest BCUT2D eigenvalue weighted by Gasteiger charge is 2.27. The van der Waals surface area contributed by atoms with Gasteiger partial charge in [-0.25, -0.2) is 9.97 Å². The van der Waals surface area contributed by atoms with E-state index in [1.807, 2.05) is 23.1 Å². The van der Waals surface area contributed by atoms with Gasteiger partial charge in [0.2, 0.25) is 0 Å². The number of amides is 2. The Labute approximate surface area is 172 Å². The van der Waals surface area contributed by atoms with Crippen molar-refractivity contribution in [3.8, 4) is 11.3 Å². The molecule has 2 aliphatic rings. The van der Waals surface area contributed by atoms with Crippen LogP contribution in [0.1, 0.15) is 44.9 Å². The number of nitrogens with zero attached hydrogens (tertiary/aromatic N) is 4. The molecule has 0 aliphatic carbocycles. The lowest BCUT2D eigenvalue weighted by Gasteiger charge is -2.26. The Balaban J connectivity index is 1.59. The number of nitrogen functional groups attached to an aromatic ring is 1. The zero-order valence-corrected chi connectivity index (χ0v) is 17.0. The van der Waals surface area contributed by atoms with Crippen molar-refractivity contribution in [1.82, 2.24) is 19.8 Å². The Kier molecular flexibility index (Phi) is 4.24. The molecule has 0 radical (unpaired) electrons. The van der Waals surface area contributed by atoms with Gasteiger partial charge in [-0.3, -0.25) is 9.59 Å². The van der Waals surface area contributed by atoms with Crippen molar-refractivity contribution < 1.29 is 9.59 Å². The lowest BCUT2D eigenvalue weighted by atomic mass is 10.0. The molecule has 1 saturated heterocycles. The second-order valence-electron chi connectivity index (χ2n) is 7.63. The van der Waals surface area contributed by atoms with Crippen LogP contribution in [0.15, 0.2) is 24.5 Å². The molecule has 1 aromatic carbocycles. The maximum absolute atomic E-state index is 13.0. The summed E-state index contributed by atoms with van der Waals surface area (Å²) >= 11 is 1.36. The van der Waals surface area contributed by atoms with E-state index >= 15 is 0 Å². The topological polar surface area (TPSA) is 92.4 Å². The van der Waals surface area contributed by atoms with Gasteiger partial charge in [-0.2, -0.15) is 0 Å². The molecule has 148 valence electrons. The molecular formula is C21H21N5O2S. The molecule has 2 aliphatic heterocycles. The van der Waals surface area contributed by atoms with Crippen molar-refractivity contribution >= 4 is 39.1 Å². The second-order valence-corrected chi connectivity index (χ2v) is 8.65. The number of hydrogen-bond acceptors (Lipinski definition) is 6. The number of benzene rings is 1. The SMILES string of the molecule is CN1Cc2cc(-c3ncnc4c(N)c(C(=O)N5CCCCC5)sc34)ccc2C1=O. The van der Waals surface area contributed by atoms with Crippen molar-refractivity contribution in [2.24, 2.45) is 0 Å². The third-order valence-corrected chi connectivity index (χ3v) is 6.90. The molecule has 0 atom stereocenters. The van der Waals surface area contributed by atoms with Crippen molar-refractivity contribution in [3.05, 3.63) is 40.5 Å². The molecule has 0 unspecified atom stereocenters. The smallest absolute Gasteiger partial charge is 0.266 e. The van der Waals surface area contributed by atoms with Crippen LogP contribution >= 0.6 is 11.3 Å². The van der Waals surface area contributed by atoms with E-state index in [9.17, 15) is 9.59 Å². The lowest BCUT2D eigenvalue weighted by Crippen LogP contribution is -2.35. The first kappa shape index (κ1) is 18.1. The Morgan fingerprint density at radius 3 is 2.76 bits per heavy atom. The van der Waals surface area contributed by atoms with E-state index in [2.05, 4.69) is 9.97 Å². The molecule has 29 heavy (non-hydrogen) atoms. The van der Waals surface area contributed by atoms with Crippen molar-refractivity contribution in [2.45, 2.75) is 25.8 Å². The van der Waals surface area contributed by atoms with Crippen LogP contribution in [0.5, 0.6) is 0 Å². The average Bonchev–Trinajstić information content (AvgIpc) is 3.24. The van der Waals surface area contributed by atoms with E-state index in [0.717, 1.165) is 59.4 Å². The quantitative estimate of drug-likeness (QED) is 0.704. The summed E-state index contributed by atoms with van der Waals surface area (Å²) in [6, 6.07) is 5.75. The zero-order valence-electron chi connectivity index (χ0n) is 16.1. The molecule has 7 nitrogen and oxygen atoms in total. The fraction of sp³-hybridized carbons (Fsp3) is 0.333. The minimum absolute atomic E-state index is 0.0164. The average molecular weight is 407 g/mol. The van der Waals surface area contributed by atoms with Crippen LogP contribution in [0.2, 0.25) is 0 Å². The maximum atomic E-state index is 13.0. The Morgan fingerprint density at radius 2 is 1.97 bits per heavy atom. The fourth-order valence-electron chi connectivity index (χ4n) is 4.15. The van der Waals surface area contributed by atoms with Crippen LogP contribution in [0, 0.1) is 0 Å². The molecule has 0 bridgehead atoms. The monoisotopic (exact) mass is 407 g/mol. The van der Waals surface area contributed by atoms with Crippen molar-refractivity contribution in [3.63, 3.8) is 0 Å². The summed E-state index contributed by atoms with van der Waals surface area (Å²) in [5.74, 6) is 0.0199. The van der Waals surface area contributed by atoms with E-state index in [-0.39, 0.29) is 11.8 Å². The molecule has 2 N–H and O–H groups in total. The molecule has 8 heteroatoms. The van der Waals surface area contributed by atoms with E-state index in [0.29, 0.717) is 22.6 Å². The zero-order chi connectivity index (χ0) is 20.1. The Hall–Kier alpha value is -3.00. The van der Waals surface area contributed by atoms with Crippen molar-refractivity contribution in [1.29, 1.82) is 0 Å². The second kappa shape index (κ2) is 6.81. The summed E-state index contributed by atoms with van der Waals surface area (Å²) in [5.41, 5.74) is 10.7. The number of fused-ring (bicyclic) bond motifs is 2. The Bertz CT molecular complexity index is 1150. The number of nitrogens with two attached hydrogens (primary N) is 1. The van der Waals surface area contributed by atoms with Crippen LogP contribution in [-0.2, 0) is 6.54 Å². The van der Waals surface area contributed by atoms with Crippen LogP contribution in [0.25, 0.3) is 21.5 Å². The van der Waals surface area contributed by atoms with Gasteiger partial charge in [0, 0.05) is 37.8 Å². The maximum Gasteiger partial charge on any atom is 0.266 e. The van der Waals surface area contributed by atoms with Gasteiger partial charge in [-0.15, -0.1) is 11.3 Å². The van der Waals surface area contributed by atoms with Gasteiger partial charge in [0.15, 0.2) is 0 Å². The van der Waals surface area contributed by atoms with Gasteiger partial charge in [0.05, 0.1) is 16.1 Å². The minimum Gasteiger partial charge on any atom is -0.396 e. The predicted octanol–water partition coefficient (Wildman–Crippen LogP) is 3.15. The number of carbonyl (C=O) groups is 2. The van der Waals surface area contributed by atoms with Crippen LogP contribution < -0.4 is 5.73 Å². The number of piperidine rings is 1. The Morgan fingerprint density at radius 1 is 1.17 bits per heavy atom. The number of anilines is 1. The predicted molar refractivity (Wildman–Crippen MR) is 113 cm³/mol. The normalized spacial score (nSPS) is 16.5. The summed E-state index contributed by atoms with van der Waals surface area (Å²) in [6.07, 6.45) is 4.71. The van der Waals surface area contributed by atoms with Gasteiger partial charge in [-0.05, 0) is 37.0 Å². The molecule has 0 spiro atoms. The molecular weight excluding hydrogens is 386 g/mol. The number of thiophene rings is 1. The number of carbonyl (C=O) groups excluding carboxylic acids is 2. The minimum atomic E-state index is -0.0164. The molecule has 2 amide bonds. The summed E-state index contributed by atoms with van der Waals surface area (Å²) in [6.45, 7) is 2.14. The first-order valence-corrected chi connectivity index (χ1v) is 10.6. The number of likely N-dealkylation sites (tertiary alicyclic amines) is 1. The molecule has 5 rings (SSSR count). The fourth-order valence-corrected chi connectivity index (χ4v) is 5.30. The molecule has 0 saturated carbocycles. The standard InChI is InChI=1S/C21H21N5O2S/c1-25-10-13-9-12(5-6-14(13)20(25)27)16-19-17(24-11-23-16)15(22)18(29-19)21(28)26-7-3-2-4-8-26/h5-6,9,11H,2-4,7-8,10,22H2,1H3. The van der Waals surface area contributed by atoms with Crippen LogP contribution in [0.3, 0.4) is 0 Å². The van der Waals surface area contributed by atoms with E-state index in [1.165, 1.54) is 17.7 Å². The van der Waals surface area contributed by atoms with Gasteiger partial charge < -0.3 is 15.5 Å². The summed E-state index contributed by atoms with van der Waals surface area (Å²) in [4.78, 5) is 38.2. The highest BCUT2D eigenvalue weighted by molar-refractivity contribution is 7.22. The van der Waals surface area contributed by atoms with Gasteiger partial charge >= 0.3 is 0 Å². The molecule has 1 fully saturated rings. The van der Waals surface area contributed by atoms with E-state index in [1.54, 1.807) is 11.9 Å². The molecule has 4 heterocycles. The highest BCUT2D eigenvalue weighted by atomic mass is 32.1. The number of aromatic nitrogens is 2. The van der Waals surface area contributed by atoms with E-state index in [4.69, 9.17) is 5.73 Å². The molecule has 2 aromatic heterocycles.